The van der Waals surface area contributed by atoms with Crippen LogP contribution < -0.4 is 11.1 Å². The average Bonchev–Trinajstić information content (AvgIpc) is 2.82. The van der Waals surface area contributed by atoms with E-state index in [2.05, 4.69) is 20.3 Å². The molecule has 6 nitrogen and oxygen atoms in total. The van der Waals surface area contributed by atoms with E-state index in [0.29, 0.717) is 18.7 Å². The summed E-state index contributed by atoms with van der Waals surface area (Å²) < 4.78 is 0. The van der Waals surface area contributed by atoms with E-state index in [4.69, 9.17) is 5.73 Å². The highest BCUT2D eigenvalue weighted by Crippen LogP contribution is 2.06. The Balaban J connectivity index is 1.88. The second-order valence-electron chi connectivity index (χ2n) is 3.52. The van der Waals surface area contributed by atoms with Gasteiger partial charge < -0.3 is 16.0 Å². The lowest BCUT2D eigenvalue weighted by molar-refractivity contribution is 0.0950. The molecule has 0 unspecified atom stereocenters. The number of carbonyl (C=O) groups is 1. The van der Waals surface area contributed by atoms with E-state index in [9.17, 15) is 4.79 Å². The zero-order valence-corrected chi connectivity index (χ0v) is 9.18. The van der Waals surface area contributed by atoms with Crippen LogP contribution in [0, 0.1) is 0 Å². The van der Waals surface area contributed by atoms with E-state index in [-0.39, 0.29) is 11.6 Å². The minimum Gasteiger partial charge on any atom is -0.397 e. The van der Waals surface area contributed by atoms with E-state index in [1.54, 1.807) is 30.9 Å². The number of amides is 1. The van der Waals surface area contributed by atoms with E-state index in [1.807, 2.05) is 0 Å². The van der Waals surface area contributed by atoms with Crippen LogP contribution in [0.1, 0.15) is 16.2 Å². The highest BCUT2D eigenvalue weighted by Gasteiger charge is 2.09. The van der Waals surface area contributed by atoms with Crippen molar-refractivity contribution in [2.75, 3.05) is 12.3 Å². The third-order valence-corrected chi connectivity index (χ3v) is 2.29. The second kappa shape index (κ2) is 5.11. The minimum atomic E-state index is -0.261. The quantitative estimate of drug-likeness (QED) is 0.707. The molecule has 0 aliphatic heterocycles. The maximum Gasteiger partial charge on any atom is 0.272 e. The van der Waals surface area contributed by atoms with Crippen molar-refractivity contribution < 1.29 is 4.79 Å². The molecule has 0 saturated carbocycles. The maximum absolute atomic E-state index is 11.7. The van der Waals surface area contributed by atoms with Gasteiger partial charge in [-0.3, -0.25) is 4.79 Å². The molecule has 0 aliphatic rings. The van der Waals surface area contributed by atoms with Crippen molar-refractivity contribution in [2.24, 2.45) is 0 Å². The second-order valence-corrected chi connectivity index (χ2v) is 3.52. The van der Waals surface area contributed by atoms with Crippen molar-refractivity contribution in [3.05, 3.63) is 42.2 Å². The number of hydrogen-bond donors (Lipinski definition) is 3. The zero-order chi connectivity index (χ0) is 12.1. The lowest BCUT2D eigenvalue weighted by Crippen LogP contribution is -2.27. The number of aromatic amines is 1. The van der Waals surface area contributed by atoms with E-state index in [0.717, 1.165) is 5.69 Å². The number of nitrogens with one attached hydrogen (secondary N) is 2. The van der Waals surface area contributed by atoms with Gasteiger partial charge in [0.2, 0.25) is 0 Å². The van der Waals surface area contributed by atoms with E-state index >= 15 is 0 Å². The van der Waals surface area contributed by atoms with Crippen LogP contribution in [-0.4, -0.2) is 27.4 Å². The van der Waals surface area contributed by atoms with Crippen molar-refractivity contribution in [3.63, 3.8) is 0 Å². The molecule has 2 rings (SSSR count). The topological polar surface area (TPSA) is 96.7 Å². The Labute approximate surface area is 98.3 Å². The summed E-state index contributed by atoms with van der Waals surface area (Å²) in [6.07, 6.45) is 5.56. The number of nitrogens with two attached hydrogens (primary N) is 1. The lowest BCUT2D eigenvalue weighted by atomic mass is 10.2. The minimum absolute atomic E-state index is 0.261. The number of carbonyl (C=O) groups excluding carboxylic acids is 1. The molecule has 0 radical (unpaired) electrons. The molecule has 6 heteroatoms. The normalized spacial score (nSPS) is 10.1. The Bertz CT molecular complexity index is 494. The SMILES string of the molecule is Nc1cccnc1C(=O)NCCc1cnc[nH]1. The number of pyridine rings is 1. The fourth-order valence-electron chi connectivity index (χ4n) is 1.42. The molecule has 88 valence electrons. The largest absolute Gasteiger partial charge is 0.397 e. The molecule has 2 aromatic rings. The van der Waals surface area contributed by atoms with Crippen molar-refractivity contribution in [2.45, 2.75) is 6.42 Å². The van der Waals surface area contributed by atoms with Crippen LogP contribution in [0.3, 0.4) is 0 Å². The Hall–Kier alpha value is -2.37. The van der Waals surface area contributed by atoms with Crippen LogP contribution in [0.4, 0.5) is 5.69 Å². The third kappa shape index (κ3) is 2.81. The van der Waals surface area contributed by atoms with Crippen LogP contribution in [0.2, 0.25) is 0 Å². The molecule has 1 amide bonds. The highest BCUT2D eigenvalue weighted by molar-refractivity contribution is 5.96. The molecule has 0 atom stereocenters. The first-order chi connectivity index (χ1) is 8.27. The first-order valence-corrected chi connectivity index (χ1v) is 5.23. The van der Waals surface area contributed by atoms with Crippen molar-refractivity contribution in [3.8, 4) is 0 Å². The number of nitrogens with zero attached hydrogens (tertiary/aromatic N) is 2. The number of nitrogen functional groups attached to an aromatic ring is 1. The predicted molar refractivity (Wildman–Crippen MR) is 63.3 cm³/mol. The molecule has 2 aromatic heterocycles. The predicted octanol–water partition coefficient (Wildman–Crippen LogP) is 0.359. The average molecular weight is 231 g/mol. The number of anilines is 1. The fourth-order valence-corrected chi connectivity index (χ4v) is 1.42. The van der Waals surface area contributed by atoms with Gasteiger partial charge >= 0.3 is 0 Å². The van der Waals surface area contributed by atoms with Crippen LogP contribution in [0.15, 0.2) is 30.9 Å². The monoisotopic (exact) mass is 231 g/mol. The molecular weight excluding hydrogens is 218 g/mol. The number of rotatable bonds is 4. The van der Waals surface area contributed by atoms with Crippen molar-refractivity contribution >= 4 is 11.6 Å². The standard InChI is InChI=1S/C11H13N5O/c12-9-2-1-4-14-10(9)11(17)15-5-3-8-6-13-7-16-8/h1-2,4,6-7H,3,5,12H2,(H,13,16)(H,15,17). The first-order valence-electron chi connectivity index (χ1n) is 5.23. The number of aromatic nitrogens is 3. The van der Waals surface area contributed by atoms with E-state index < -0.39 is 0 Å². The van der Waals surface area contributed by atoms with Crippen molar-refractivity contribution in [1.29, 1.82) is 0 Å². The van der Waals surface area contributed by atoms with Gasteiger partial charge in [-0.2, -0.15) is 0 Å². The Morgan fingerprint density at radius 1 is 1.53 bits per heavy atom. The van der Waals surface area contributed by atoms with Crippen LogP contribution in [-0.2, 0) is 6.42 Å². The molecule has 0 aromatic carbocycles. The van der Waals surface area contributed by atoms with Crippen LogP contribution in [0.25, 0.3) is 0 Å². The third-order valence-electron chi connectivity index (χ3n) is 2.29. The summed E-state index contributed by atoms with van der Waals surface area (Å²) in [6.45, 7) is 0.511. The summed E-state index contributed by atoms with van der Waals surface area (Å²) in [7, 11) is 0. The van der Waals surface area contributed by atoms with Gasteiger partial charge in [-0.25, -0.2) is 9.97 Å². The summed E-state index contributed by atoms with van der Waals surface area (Å²) in [5.74, 6) is -0.261. The van der Waals surface area contributed by atoms with Crippen LogP contribution >= 0.6 is 0 Å². The summed E-state index contributed by atoms with van der Waals surface area (Å²) in [5.41, 5.74) is 7.26. The molecule has 0 spiro atoms. The van der Waals surface area contributed by atoms with Gasteiger partial charge in [0.1, 0.15) is 0 Å². The molecule has 0 fully saturated rings. The summed E-state index contributed by atoms with van der Waals surface area (Å²) in [5, 5.41) is 2.75. The smallest absolute Gasteiger partial charge is 0.272 e. The molecule has 0 saturated heterocycles. The maximum atomic E-state index is 11.7. The van der Waals surface area contributed by atoms with Gasteiger partial charge in [0.15, 0.2) is 5.69 Å². The van der Waals surface area contributed by atoms with Gasteiger partial charge in [0, 0.05) is 31.1 Å². The molecule has 2 heterocycles. The highest BCUT2D eigenvalue weighted by atomic mass is 16.1. The zero-order valence-electron chi connectivity index (χ0n) is 9.18. The van der Waals surface area contributed by atoms with Gasteiger partial charge in [-0.1, -0.05) is 0 Å². The summed E-state index contributed by atoms with van der Waals surface area (Å²) >= 11 is 0. The molecule has 0 bridgehead atoms. The molecular formula is C11H13N5O. The Morgan fingerprint density at radius 3 is 3.12 bits per heavy atom. The first kappa shape index (κ1) is 11.1. The number of hydrogen-bond acceptors (Lipinski definition) is 4. The summed E-state index contributed by atoms with van der Waals surface area (Å²) in [6, 6.07) is 3.34. The van der Waals surface area contributed by atoms with Gasteiger partial charge in [0.25, 0.3) is 5.91 Å². The number of imidazole rings is 1. The molecule has 4 N–H and O–H groups in total. The van der Waals surface area contributed by atoms with Gasteiger partial charge in [-0.15, -0.1) is 0 Å². The van der Waals surface area contributed by atoms with E-state index in [1.165, 1.54) is 0 Å². The van der Waals surface area contributed by atoms with Crippen molar-refractivity contribution in [1.82, 2.24) is 20.3 Å². The van der Waals surface area contributed by atoms with Gasteiger partial charge in [0.05, 0.1) is 12.0 Å². The number of H-pyrrole nitrogens is 1. The molecule has 17 heavy (non-hydrogen) atoms. The lowest BCUT2D eigenvalue weighted by Gasteiger charge is -2.05. The van der Waals surface area contributed by atoms with Gasteiger partial charge in [-0.05, 0) is 12.1 Å². The fraction of sp³-hybridized carbons (Fsp3) is 0.182. The molecule has 0 aliphatic carbocycles. The summed E-state index contributed by atoms with van der Waals surface area (Å²) in [4.78, 5) is 22.5. The Morgan fingerprint density at radius 2 is 2.41 bits per heavy atom. The van der Waals surface area contributed by atoms with Crippen LogP contribution in [0.5, 0.6) is 0 Å². The Kier molecular flexibility index (Phi) is 3.34.